The van der Waals surface area contributed by atoms with E-state index < -0.39 is 5.60 Å². The highest BCUT2D eigenvalue weighted by molar-refractivity contribution is 6.31. The Morgan fingerprint density at radius 3 is 2.60 bits per heavy atom. The number of imide groups is 1. The summed E-state index contributed by atoms with van der Waals surface area (Å²) in [4.78, 5) is 27.0. The molecule has 7 heteroatoms. The smallest absolute Gasteiger partial charge is 0.324 e. The predicted octanol–water partition coefficient (Wildman–Crippen LogP) is 1.96. The van der Waals surface area contributed by atoms with Crippen molar-refractivity contribution >= 4 is 23.5 Å². The van der Waals surface area contributed by atoms with Crippen molar-refractivity contribution in [2.24, 2.45) is 0 Å². The van der Waals surface area contributed by atoms with Crippen LogP contribution in [-0.4, -0.2) is 59.6 Å². The molecule has 6 nitrogen and oxygen atoms in total. The van der Waals surface area contributed by atoms with Gasteiger partial charge in [0.15, 0.2) is 0 Å². The fraction of sp³-hybridized carbons (Fsp3) is 0.556. The molecule has 0 aromatic heterocycles. The molecule has 3 rings (SSSR count). The maximum absolute atomic E-state index is 11.9. The van der Waals surface area contributed by atoms with Gasteiger partial charge in [-0.25, -0.2) is 4.79 Å². The molecule has 0 aliphatic carbocycles. The van der Waals surface area contributed by atoms with Crippen molar-refractivity contribution in [2.45, 2.75) is 31.3 Å². The van der Waals surface area contributed by atoms with E-state index >= 15 is 0 Å². The van der Waals surface area contributed by atoms with Gasteiger partial charge in [0.2, 0.25) is 5.91 Å². The zero-order valence-corrected chi connectivity index (χ0v) is 15.0. The summed E-state index contributed by atoms with van der Waals surface area (Å²) in [5, 5.41) is 14.3. The summed E-state index contributed by atoms with van der Waals surface area (Å²) >= 11 is 6.22. The average Bonchev–Trinajstić information content (AvgIpc) is 3.03. The van der Waals surface area contributed by atoms with E-state index in [9.17, 15) is 14.7 Å². The minimum atomic E-state index is -0.889. The molecule has 136 valence electrons. The number of piperidine rings is 1. The number of hydrogen-bond acceptors (Lipinski definition) is 4. The van der Waals surface area contributed by atoms with Gasteiger partial charge < -0.3 is 15.3 Å². The van der Waals surface area contributed by atoms with Crippen LogP contribution in [-0.2, 0) is 10.4 Å². The largest absolute Gasteiger partial charge is 0.385 e. The lowest BCUT2D eigenvalue weighted by Crippen LogP contribution is -2.47. The van der Waals surface area contributed by atoms with Crippen LogP contribution in [0.4, 0.5) is 4.79 Å². The molecule has 25 heavy (non-hydrogen) atoms. The Balaban J connectivity index is 1.44. The van der Waals surface area contributed by atoms with Gasteiger partial charge >= 0.3 is 6.03 Å². The van der Waals surface area contributed by atoms with Gasteiger partial charge in [0.25, 0.3) is 0 Å². The monoisotopic (exact) mass is 365 g/mol. The van der Waals surface area contributed by atoms with E-state index in [1.165, 1.54) is 4.90 Å². The Morgan fingerprint density at radius 1 is 1.24 bits per heavy atom. The number of nitrogens with zero attached hydrogens (tertiary/aromatic N) is 2. The normalized spacial score (nSPS) is 20.7. The van der Waals surface area contributed by atoms with Crippen LogP contribution in [0.2, 0.25) is 5.02 Å². The first kappa shape index (κ1) is 18.2. The number of amides is 3. The van der Waals surface area contributed by atoms with E-state index in [4.69, 9.17) is 11.6 Å². The number of halogens is 1. The standard InChI is InChI=1S/C18H24ClN3O3/c19-15-5-2-1-4-14(15)18(25)7-11-21(12-8-18)13-9-20-17(24)22-10-3-6-16(22)23/h1-2,4-5,25H,3,6-13H2,(H,20,24). The minimum Gasteiger partial charge on any atom is -0.385 e. The van der Waals surface area contributed by atoms with Crippen molar-refractivity contribution in [3.63, 3.8) is 0 Å². The third kappa shape index (κ3) is 4.14. The van der Waals surface area contributed by atoms with Crippen molar-refractivity contribution < 1.29 is 14.7 Å². The molecule has 2 N–H and O–H groups in total. The van der Waals surface area contributed by atoms with Gasteiger partial charge in [-0.1, -0.05) is 29.8 Å². The number of hydrogen-bond donors (Lipinski definition) is 2. The molecule has 0 spiro atoms. The Kier molecular flexibility index (Phi) is 5.61. The number of benzene rings is 1. The summed E-state index contributed by atoms with van der Waals surface area (Å²) < 4.78 is 0. The van der Waals surface area contributed by atoms with E-state index in [1.54, 1.807) is 6.07 Å². The SMILES string of the molecule is O=C1CCCN1C(=O)NCCN1CCC(O)(c2ccccc2Cl)CC1. The van der Waals surface area contributed by atoms with Gasteiger partial charge in [-0.2, -0.15) is 0 Å². The second-order valence-electron chi connectivity index (χ2n) is 6.73. The van der Waals surface area contributed by atoms with E-state index in [2.05, 4.69) is 10.2 Å². The highest BCUT2D eigenvalue weighted by Crippen LogP contribution is 2.36. The lowest BCUT2D eigenvalue weighted by molar-refractivity contribution is -0.125. The fourth-order valence-corrected chi connectivity index (χ4v) is 3.85. The summed E-state index contributed by atoms with van der Waals surface area (Å²) in [5.41, 5.74) is -0.0998. The third-order valence-electron chi connectivity index (χ3n) is 5.08. The lowest BCUT2D eigenvalue weighted by atomic mass is 9.84. The number of aliphatic hydroxyl groups is 1. The first-order chi connectivity index (χ1) is 12.0. The Labute approximate surface area is 152 Å². The summed E-state index contributed by atoms with van der Waals surface area (Å²) in [6, 6.07) is 7.13. The summed E-state index contributed by atoms with van der Waals surface area (Å²) in [6.07, 6.45) is 2.42. The van der Waals surface area contributed by atoms with Gasteiger partial charge in [-0.15, -0.1) is 0 Å². The second-order valence-corrected chi connectivity index (χ2v) is 7.14. The fourth-order valence-electron chi connectivity index (χ4n) is 3.53. The molecular weight excluding hydrogens is 342 g/mol. The molecular formula is C18H24ClN3O3. The molecule has 3 amide bonds. The average molecular weight is 366 g/mol. The van der Waals surface area contributed by atoms with Crippen LogP contribution in [0.25, 0.3) is 0 Å². The highest BCUT2D eigenvalue weighted by atomic mass is 35.5. The van der Waals surface area contributed by atoms with Crippen LogP contribution in [0.3, 0.4) is 0 Å². The van der Waals surface area contributed by atoms with Crippen molar-refractivity contribution in [3.8, 4) is 0 Å². The maximum Gasteiger partial charge on any atom is 0.324 e. The van der Waals surface area contributed by atoms with Crippen molar-refractivity contribution in [3.05, 3.63) is 34.9 Å². The Bertz CT molecular complexity index is 644. The number of nitrogens with one attached hydrogen (secondary N) is 1. The minimum absolute atomic E-state index is 0.0970. The van der Waals surface area contributed by atoms with Gasteiger partial charge in [0, 0.05) is 49.7 Å². The van der Waals surface area contributed by atoms with Crippen molar-refractivity contribution in [1.82, 2.24) is 15.1 Å². The van der Waals surface area contributed by atoms with Gasteiger partial charge in [-0.3, -0.25) is 9.69 Å². The summed E-state index contributed by atoms with van der Waals surface area (Å²) in [6.45, 7) is 3.18. The molecule has 2 heterocycles. The first-order valence-electron chi connectivity index (χ1n) is 8.77. The number of urea groups is 1. The van der Waals surface area contributed by atoms with Gasteiger partial charge in [0.05, 0.1) is 5.60 Å². The molecule has 2 fully saturated rings. The Hall–Kier alpha value is -1.63. The topological polar surface area (TPSA) is 72.9 Å². The van der Waals surface area contributed by atoms with E-state index in [0.717, 1.165) is 25.1 Å². The third-order valence-corrected chi connectivity index (χ3v) is 5.41. The molecule has 0 atom stereocenters. The molecule has 0 unspecified atom stereocenters. The van der Waals surface area contributed by atoms with Gasteiger partial charge in [-0.05, 0) is 25.3 Å². The van der Waals surface area contributed by atoms with Crippen LogP contribution in [0.5, 0.6) is 0 Å². The zero-order valence-electron chi connectivity index (χ0n) is 14.2. The summed E-state index contributed by atoms with van der Waals surface area (Å²) in [5.74, 6) is -0.0970. The van der Waals surface area contributed by atoms with Crippen LogP contribution >= 0.6 is 11.6 Å². The Morgan fingerprint density at radius 2 is 1.96 bits per heavy atom. The predicted molar refractivity (Wildman–Crippen MR) is 95.4 cm³/mol. The van der Waals surface area contributed by atoms with E-state index in [0.29, 0.717) is 43.9 Å². The van der Waals surface area contributed by atoms with Crippen LogP contribution in [0.1, 0.15) is 31.2 Å². The van der Waals surface area contributed by atoms with Crippen LogP contribution < -0.4 is 5.32 Å². The molecule has 2 saturated heterocycles. The number of likely N-dealkylation sites (tertiary alicyclic amines) is 2. The zero-order chi connectivity index (χ0) is 17.9. The summed E-state index contributed by atoms with van der Waals surface area (Å²) in [7, 11) is 0. The number of carbonyl (C=O) groups excluding carboxylic acids is 2. The van der Waals surface area contributed by atoms with Crippen LogP contribution in [0.15, 0.2) is 24.3 Å². The lowest BCUT2D eigenvalue weighted by Gasteiger charge is -2.39. The molecule has 1 aromatic rings. The number of carbonyl (C=O) groups is 2. The highest BCUT2D eigenvalue weighted by Gasteiger charge is 2.35. The van der Waals surface area contributed by atoms with Crippen LogP contribution in [0, 0.1) is 0 Å². The molecule has 1 aromatic carbocycles. The van der Waals surface area contributed by atoms with Crippen molar-refractivity contribution in [2.75, 3.05) is 32.7 Å². The molecule has 0 bridgehead atoms. The molecule has 2 aliphatic rings. The van der Waals surface area contributed by atoms with E-state index in [1.807, 2.05) is 18.2 Å². The van der Waals surface area contributed by atoms with Gasteiger partial charge in [0.1, 0.15) is 0 Å². The van der Waals surface area contributed by atoms with E-state index in [-0.39, 0.29) is 11.9 Å². The number of rotatable bonds is 4. The first-order valence-corrected chi connectivity index (χ1v) is 9.15. The maximum atomic E-state index is 11.9. The quantitative estimate of drug-likeness (QED) is 0.855. The molecule has 0 radical (unpaired) electrons. The van der Waals surface area contributed by atoms with Crippen molar-refractivity contribution in [1.29, 1.82) is 0 Å². The molecule has 2 aliphatic heterocycles. The second kappa shape index (κ2) is 7.72. The molecule has 0 saturated carbocycles.